The molecule has 3 aromatic rings. The number of hydrogen-bond acceptors (Lipinski definition) is 8. The number of nitrogens with one attached hydrogen (secondary N) is 1. The van der Waals surface area contributed by atoms with Gasteiger partial charge >= 0.3 is 0 Å². The molecule has 48 heavy (non-hydrogen) atoms. The molecule has 2 aromatic carbocycles. The number of methoxy groups -OCH3 is 2. The Morgan fingerprint density at radius 1 is 0.958 bits per heavy atom. The summed E-state index contributed by atoms with van der Waals surface area (Å²) in [5.74, 6) is 2.98. The molecule has 2 fully saturated rings. The lowest BCUT2D eigenvalue weighted by Gasteiger charge is -2.43. The average Bonchev–Trinajstić information content (AvgIpc) is 3.62. The van der Waals surface area contributed by atoms with Gasteiger partial charge in [-0.2, -0.15) is 4.99 Å². The highest BCUT2D eigenvalue weighted by Gasteiger charge is 2.45. The van der Waals surface area contributed by atoms with Crippen molar-refractivity contribution in [3.8, 4) is 11.5 Å². The zero-order valence-electron chi connectivity index (χ0n) is 28.3. The van der Waals surface area contributed by atoms with E-state index in [-0.39, 0.29) is 11.8 Å². The van der Waals surface area contributed by atoms with Crippen LogP contribution in [-0.4, -0.2) is 114 Å². The van der Waals surface area contributed by atoms with E-state index in [4.69, 9.17) is 14.5 Å². The SMILES string of the molecule is COc1cc(C2=NC(N3CCN(C4CCN(C(C)=O)CC4)CC3)=C3C=NC=C[N+]23C)ccc1NC(=O)c1cc2c(OC)cccc2n1C. The molecule has 0 aliphatic carbocycles. The van der Waals surface area contributed by atoms with E-state index in [1.807, 2.05) is 71.4 Å². The number of nitrogens with zero attached hydrogens (tertiary/aromatic N) is 7. The highest BCUT2D eigenvalue weighted by Crippen LogP contribution is 2.37. The van der Waals surface area contributed by atoms with E-state index in [0.717, 1.165) is 91.7 Å². The second-order valence-electron chi connectivity index (χ2n) is 12.9. The highest BCUT2D eigenvalue weighted by atomic mass is 16.5. The summed E-state index contributed by atoms with van der Waals surface area (Å²) in [6.07, 6.45) is 7.84. The van der Waals surface area contributed by atoms with Crippen LogP contribution in [0.1, 0.15) is 35.8 Å². The molecule has 4 aliphatic rings. The number of allylic oxidation sites excluding steroid dienone is 1. The van der Waals surface area contributed by atoms with Crippen molar-refractivity contribution >= 4 is 40.5 Å². The van der Waals surface area contributed by atoms with E-state index < -0.39 is 0 Å². The van der Waals surface area contributed by atoms with E-state index in [1.165, 1.54) is 0 Å². The predicted molar refractivity (Wildman–Crippen MR) is 186 cm³/mol. The summed E-state index contributed by atoms with van der Waals surface area (Å²) < 4.78 is 13.6. The van der Waals surface area contributed by atoms with Gasteiger partial charge in [0.05, 0.1) is 50.4 Å². The smallest absolute Gasteiger partial charge is 0.272 e. The van der Waals surface area contributed by atoms with Crippen molar-refractivity contribution in [1.29, 1.82) is 0 Å². The van der Waals surface area contributed by atoms with Gasteiger partial charge in [0.25, 0.3) is 5.91 Å². The van der Waals surface area contributed by atoms with Gasteiger partial charge < -0.3 is 29.2 Å². The van der Waals surface area contributed by atoms with Crippen LogP contribution in [0.2, 0.25) is 0 Å². The lowest BCUT2D eigenvalue weighted by molar-refractivity contribution is -0.713. The summed E-state index contributed by atoms with van der Waals surface area (Å²) in [6.45, 7) is 6.98. The summed E-state index contributed by atoms with van der Waals surface area (Å²) in [6, 6.07) is 13.9. The number of quaternary nitrogens is 1. The van der Waals surface area contributed by atoms with Crippen LogP contribution in [-0.2, 0) is 11.8 Å². The molecule has 2 saturated heterocycles. The topological polar surface area (TPSA) is 104 Å². The van der Waals surface area contributed by atoms with Crippen molar-refractivity contribution in [3.63, 3.8) is 0 Å². The third-order valence-corrected chi connectivity index (χ3v) is 10.3. The fraction of sp³-hybridized carbons (Fsp3) is 0.389. The number of aryl methyl sites for hydroxylation is 1. The molecule has 0 saturated carbocycles. The van der Waals surface area contributed by atoms with Gasteiger partial charge in [0.1, 0.15) is 23.4 Å². The van der Waals surface area contributed by atoms with E-state index in [9.17, 15) is 9.59 Å². The number of ether oxygens (including phenoxy) is 2. The molecule has 5 heterocycles. The number of carbonyl (C=O) groups is 2. The summed E-state index contributed by atoms with van der Waals surface area (Å²) >= 11 is 0. The summed E-state index contributed by atoms with van der Waals surface area (Å²) in [4.78, 5) is 42.0. The van der Waals surface area contributed by atoms with Gasteiger partial charge in [-0.05, 0) is 49.2 Å². The molecule has 2 amide bonds. The molecular weight excluding hydrogens is 608 g/mol. The van der Waals surface area contributed by atoms with Crippen LogP contribution in [0, 0.1) is 0 Å². The number of piperidine rings is 1. The quantitative estimate of drug-likeness (QED) is 0.388. The molecule has 4 aliphatic heterocycles. The van der Waals surface area contributed by atoms with Gasteiger partial charge in [0.2, 0.25) is 17.4 Å². The Morgan fingerprint density at radius 2 is 1.71 bits per heavy atom. The number of amides is 2. The molecule has 0 spiro atoms. The molecule has 1 unspecified atom stereocenters. The van der Waals surface area contributed by atoms with Crippen molar-refractivity contribution in [2.45, 2.75) is 25.8 Å². The molecule has 12 heteroatoms. The van der Waals surface area contributed by atoms with Gasteiger partial charge in [0.15, 0.2) is 5.82 Å². The van der Waals surface area contributed by atoms with E-state index in [0.29, 0.717) is 27.7 Å². The molecule has 1 aromatic heterocycles. The number of hydrogen-bond donors (Lipinski definition) is 1. The minimum absolute atomic E-state index is 0.172. The Morgan fingerprint density at radius 3 is 2.42 bits per heavy atom. The standard InChI is InChI=1S/C36H42N8O4/c1-24(45)41-14-11-26(12-15-41)42-16-18-43(19-17-42)34-31-23-37-13-20-44(31,3)35(39-34)25-9-10-28(33(21-25)48-5)38-36(46)30-22-27-29(40(30)2)7-6-8-32(27)47-4/h6-10,13,20-23,26H,11-12,14-19H2,1-5H3/p+1. The number of carbonyl (C=O) groups excluding carboxylic acids is 2. The van der Waals surface area contributed by atoms with Crippen LogP contribution in [0.25, 0.3) is 10.9 Å². The number of anilines is 1. The molecular formula is C36H43N8O4+. The van der Waals surface area contributed by atoms with Crippen molar-refractivity contribution < 1.29 is 23.5 Å². The molecule has 7 rings (SSSR count). The minimum Gasteiger partial charge on any atom is -0.496 e. The number of rotatable bonds is 7. The monoisotopic (exact) mass is 651 g/mol. The third-order valence-electron chi connectivity index (χ3n) is 10.3. The number of piperazine rings is 1. The Bertz CT molecular complexity index is 1890. The Labute approximate surface area is 280 Å². The third kappa shape index (κ3) is 5.44. The lowest BCUT2D eigenvalue weighted by atomic mass is 10.0. The maximum Gasteiger partial charge on any atom is 0.272 e. The first kappa shape index (κ1) is 31.6. The zero-order chi connectivity index (χ0) is 33.6. The summed E-state index contributed by atoms with van der Waals surface area (Å²) in [7, 11) is 7.23. The van der Waals surface area contributed by atoms with Gasteiger partial charge in [-0.3, -0.25) is 19.5 Å². The molecule has 1 atom stereocenters. The molecule has 0 radical (unpaired) electrons. The van der Waals surface area contributed by atoms with Crippen molar-refractivity contribution in [3.05, 3.63) is 77.6 Å². The van der Waals surface area contributed by atoms with Gasteiger partial charge in [-0.15, -0.1) is 0 Å². The summed E-state index contributed by atoms with van der Waals surface area (Å²) in [5, 5.41) is 3.93. The zero-order valence-corrected chi connectivity index (χ0v) is 28.3. The molecule has 0 bridgehead atoms. The number of benzene rings is 2. The first-order chi connectivity index (χ1) is 23.2. The Kier molecular flexibility index (Phi) is 8.30. The number of amidine groups is 1. The van der Waals surface area contributed by atoms with Crippen molar-refractivity contribution in [2.24, 2.45) is 17.0 Å². The van der Waals surface area contributed by atoms with Crippen molar-refractivity contribution in [1.82, 2.24) is 19.3 Å². The fourth-order valence-corrected chi connectivity index (χ4v) is 7.46. The Hall–Kier alpha value is -4.94. The van der Waals surface area contributed by atoms with E-state index >= 15 is 0 Å². The van der Waals surface area contributed by atoms with Crippen LogP contribution in [0.5, 0.6) is 11.5 Å². The number of aromatic nitrogens is 1. The largest absolute Gasteiger partial charge is 0.496 e. The van der Waals surface area contributed by atoms with Crippen LogP contribution >= 0.6 is 0 Å². The minimum atomic E-state index is -0.246. The van der Waals surface area contributed by atoms with E-state index in [1.54, 1.807) is 21.1 Å². The molecule has 12 nitrogen and oxygen atoms in total. The van der Waals surface area contributed by atoms with Gasteiger partial charge in [-0.25, -0.2) is 4.48 Å². The highest BCUT2D eigenvalue weighted by molar-refractivity contribution is 6.08. The molecule has 250 valence electrons. The maximum absolute atomic E-state index is 13.5. The predicted octanol–water partition coefficient (Wildman–Crippen LogP) is 4.01. The second kappa shape index (κ2) is 12.6. The molecule has 1 N–H and O–H groups in total. The number of aliphatic imine (C=N–C) groups is 2. The number of fused-ring (bicyclic) bond motifs is 2. The number of likely N-dealkylation sites (tertiary alicyclic amines) is 1. The lowest BCUT2D eigenvalue weighted by Crippen LogP contribution is -2.53. The van der Waals surface area contributed by atoms with Crippen molar-refractivity contribution in [2.75, 3.05) is 65.9 Å². The van der Waals surface area contributed by atoms with Crippen LogP contribution in [0.4, 0.5) is 5.69 Å². The maximum atomic E-state index is 13.5. The van der Waals surface area contributed by atoms with E-state index in [2.05, 4.69) is 33.4 Å². The first-order valence-corrected chi connectivity index (χ1v) is 16.5. The van der Waals surface area contributed by atoms with Crippen LogP contribution in [0.3, 0.4) is 0 Å². The Balaban J connectivity index is 1.10. The average molecular weight is 652 g/mol. The van der Waals surface area contributed by atoms with Crippen LogP contribution < -0.4 is 14.8 Å². The normalized spacial score (nSPS) is 21.5. The van der Waals surface area contributed by atoms with Crippen LogP contribution in [0.15, 0.2) is 76.4 Å². The fourth-order valence-electron chi connectivity index (χ4n) is 7.46. The summed E-state index contributed by atoms with van der Waals surface area (Å²) in [5.41, 5.74) is 3.91. The second-order valence-corrected chi connectivity index (χ2v) is 12.9. The first-order valence-electron chi connectivity index (χ1n) is 16.5. The van der Waals surface area contributed by atoms with Gasteiger partial charge in [-0.1, -0.05) is 6.07 Å². The van der Waals surface area contributed by atoms with Gasteiger partial charge in [0, 0.05) is 64.7 Å².